The third-order valence-electron chi connectivity index (χ3n) is 4.00. The highest BCUT2D eigenvalue weighted by Crippen LogP contribution is 2.25. The normalized spacial score (nSPS) is 21.4. The molecule has 1 aromatic rings. The van der Waals surface area contributed by atoms with Gasteiger partial charge >= 0.3 is 0 Å². The van der Waals surface area contributed by atoms with Crippen LogP contribution in [0.4, 0.5) is 0 Å². The van der Waals surface area contributed by atoms with Gasteiger partial charge in [0.1, 0.15) is 0 Å². The molecule has 0 saturated carbocycles. The topological polar surface area (TPSA) is 50.4 Å². The minimum Gasteiger partial charge on any atom is -0.380 e. The Kier molecular flexibility index (Phi) is 7.15. The van der Waals surface area contributed by atoms with E-state index >= 15 is 0 Å². The summed E-state index contributed by atoms with van der Waals surface area (Å²) in [6, 6.07) is 8.06. The van der Waals surface area contributed by atoms with E-state index in [2.05, 4.69) is 10.6 Å². The summed E-state index contributed by atoms with van der Waals surface area (Å²) in [7, 11) is 1.68. The van der Waals surface area contributed by atoms with Crippen molar-refractivity contribution in [2.45, 2.75) is 32.9 Å². The largest absolute Gasteiger partial charge is 0.380 e. The number of amides is 1. The van der Waals surface area contributed by atoms with Gasteiger partial charge in [-0.15, -0.1) is 12.4 Å². The monoisotopic (exact) mass is 312 g/mol. The summed E-state index contributed by atoms with van der Waals surface area (Å²) in [6.45, 7) is 4.95. The molecule has 2 rings (SSSR count). The summed E-state index contributed by atoms with van der Waals surface area (Å²) in [4.78, 5) is 12.4. The second-order valence-electron chi connectivity index (χ2n) is 5.73. The van der Waals surface area contributed by atoms with Gasteiger partial charge in [0.05, 0.1) is 12.0 Å². The maximum atomic E-state index is 12.4. The van der Waals surface area contributed by atoms with E-state index in [0.717, 1.165) is 37.1 Å². The quantitative estimate of drug-likeness (QED) is 0.877. The summed E-state index contributed by atoms with van der Waals surface area (Å²) in [5.41, 5.74) is 1.96. The molecule has 0 spiro atoms. The van der Waals surface area contributed by atoms with Crippen molar-refractivity contribution in [3.63, 3.8) is 0 Å². The minimum atomic E-state index is -0.283. The molecule has 1 heterocycles. The van der Waals surface area contributed by atoms with Crippen molar-refractivity contribution in [1.29, 1.82) is 0 Å². The van der Waals surface area contributed by atoms with Gasteiger partial charge in [0.15, 0.2) is 0 Å². The Morgan fingerprint density at radius 1 is 1.38 bits per heavy atom. The van der Waals surface area contributed by atoms with Crippen LogP contribution in [0.2, 0.25) is 0 Å². The van der Waals surface area contributed by atoms with Crippen LogP contribution in [0, 0.1) is 5.41 Å². The number of rotatable bonds is 5. The van der Waals surface area contributed by atoms with Gasteiger partial charge in [0.25, 0.3) is 0 Å². The zero-order valence-electron chi connectivity index (χ0n) is 12.8. The molecule has 1 aromatic carbocycles. The van der Waals surface area contributed by atoms with Crippen molar-refractivity contribution >= 4 is 18.3 Å². The number of halogens is 1. The molecule has 1 unspecified atom stereocenters. The molecule has 1 aliphatic heterocycles. The highest BCUT2D eigenvalue weighted by molar-refractivity contribution is 5.85. The highest BCUT2D eigenvalue weighted by atomic mass is 35.5. The van der Waals surface area contributed by atoms with E-state index in [1.807, 2.05) is 31.2 Å². The Hall–Kier alpha value is -1.10. The smallest absolute Gasteiger partial charge is 0.227 e. The predicted molar refractivity (Wildman–Crippen MR) is 86.5 cm³/mol. The first-order chi connectivity index (χ1) is 9.65. The number of hydrogen-bond acceptors (Lipinski definition) is 3. The number of nitrogens with one attached hydrogen (secondary N) is 2. The van der Waals surface area contributed by atoms with Crippen LogP contribution < -0.4 is 10.6 Å². The summed E-state index contributed by atoms with van der Waals surface area (Å²) in [5, 5.41) is 6.38. The lowest BCUT2D eigenvalue weighted by Crippen LogP contribution is -2.48. The maximum absolute atomic E-state index is 12.4. The van der Waals surface area contributed by atoms with Gasteiger partial charge in [-0.3, -0.25) is 4.79 Å². The van der Waals surface area contributed by atoms with Crippen LogP contribution >= 0.6 is 12.4 Å². The molecule has 0 radical (unpaired) electrons. The Morgan fingerprint density at radius 3 is 2.71 bits per heavy atom. The molecular weight excluding hydrogens is 288 g/mol. The number of benzene rings is 1. The van der Waals surface area contributed by atoms with Gasteiger partial charge in [-0.2, -0.15) is 0 Å². The Bertz CT molecular complexity index is 459. The second kappa shape index (κ2) is 8.37. The van der Waals surface area contributed by atoms with E-state index in [4.69, 9.17) is 4.74 Å². The molecule has 0 bridgehead atoms. The first-order valence-corrected chi connectivity index (χ1v) is 7.20. The van der Waals surface area contributed by atoms with Crippen LogP contribution in [0.25, 0.3) is 0 Å². The molecule has 1 aliphatic rings. The van der Waals surface area contributed by atoms with E-state index < -0.39 is 0 Å². The van der Waals surface area contributed by atoms with Crippen molar-refractivity contribution < 1.29 is 9.53 Å². The number of methoxy groups -OCH3 is 1. The molecule has 1 saturated heterocycles. The first kappa shape index (κ1) is 18.0. The van der Waals surface area contributed by atoms with Crippen molar-refractivity contribution in [3.05, 3.63) is 35.4 Å². The molecule has 1 atom stereocenters. The fraction of sp³-hybridized carbons (Fsp3) is 0.562. The molecule has 21 heavy (non-hydrogen) atoms. The molecular formula is C16H25ClN2O2. The average molecular weight is 313 g/mol. The fourth-order valence-corrected chi connectivity index (χ4v) is 2.67. The zero-order chi connectivity index (χ0) is 14.4. The lowest BCUT2D eigenvalue weighted by Gasteiger charge is -2.32. The standard InChI is InChI=1S/C16H24N2O2.ClH/c1-16(8-5-9-17-12-16)15(19)18-10-13-6-3-4-7-14(13)11-20-2;/h3-4,6-7,17H,5,8-12H2,1-2H3,(H,18,19);1H. The van der Waals surface area contributed by atoms with E-state index in [0.29, 0.717) is 13.2 Å². The van der Waals surface area contributed by atoms with Gasteiger partial charge in [-0.05, 0) is 37.4 Å². The van der Waals surface area contributed by atoms with Crippen molar-refractivity contribution in [2.75, 3.05) is 20.2 Å². The molecule has 2 N–H and O–H groups in total. The number of ether oxygens (including phenoxy) is 1. The fourth-order valence-electron chi connectivity index (χ4n) is 2.67. The third-order valence-corrected chi connectivity index (χ3v) is 4.00. The number of carbonyl (C=O) groups excluding carboxylic acids is 1. The van der Waals surface area contributed by atoms with Crippen LogP contribution in [0.3, 0.4) is 0 Å². The summed E-state index contributed by atoms with van der Waals surface area (Å²) in [5.74, 6) is 0.136. The Labute approximate surface area is 133 Å². The molecule has 1 fully saturated rings. The Balaban J connectivity index is 0.00000220. The highest BCUT2D eigenvalue weighted by Gasteiger charge is 2.34. The van der Waals surface area contributed by atoms with Crippen molar-refractivity contribution in [1.82, 2.24) is 10.6 Å². The van der Waals surface area contributed by atoms with Crippen LogP contribution in [-0.4, -0.2) is 26.1 Å². The summed E-state index contributed by atoms with van der Waals surface area (Å²) >= 11 is 0. The van der Waals surface area contributed by atoms with Crippen molar-refractivity contribution in [2.24, 2.45) is 5.41 Å². The Morgan fingerprint density at radius 2 is 2.10 bits per heavy atom. The van der Waals surface area contributed by atoms with E-state index in [-0.39, 0.29) is 23.7 Å². The van der Waals surface area contributed by atoms with Crippen LogP contribution in [-0.2, 0) is 22.7 Å². The van der Waals surface area contributed by atoms with Crippen molar-refractivity contribution in [3.8, 4) is 0 Å². The molecule has 0 aliphatic carbocycles. The maximum Gasteiger partial charge on any atom is 0.227 e. The van der Waals surface area contributed by atoms with E-state index in [1.165, 1.54) is 0 Å². The molecule has 5 heteroatoms. The van der Waals surface area contributed by atoms with E-state index in [9.17, 15) is 4.79 Å². The molecule has 4 nitrogen and oxygen atoms in total. The predicted octanol–water partition coefficient (Wildman–Crippen LogP) is 2.26. The first-order valence-electron chi connectivity index (χ1n) is 7.20. The van der Waals surface area contributed by atoms with Gasteiger partial charge in [0, 0.05) is 20.2 Å². The van der Waals surface area contributed by atoms with Gasteiger partial charge in [0.2, 0.25) is 5.91 Å². The van der Waals surface area contributed by atoms with Gasteiger partial charge in [-0.25, -0.2) is 0 Å². The lowest BCUT2D eigenvalue weighted by molar-refractivity contribution is -0.131. The van der Waals surface area contributed by atoms with Crippen LogP contribution in [0.15, 0.2) is 24.3 Å². The third kappa shape index (κ3) is 4.70. The second-order valence-corrected chi connectivity index (χ2v) is 5.73. The number of piperidine rings is 1. The van der Waals surface area contributed by atoms with Gasteiger partial charge < -0.3 is 15.4 Å². The van der Waals surface area contributed by atoms with Crippen LogP contribution in [0.1, 0.15) is 30.9 Å². The molecule has 118 valence electrons. The van der Waals surface area contributed by atoms with Crippen LogP contribution in [0.5, 0.6) is 0 Å². The average Bonchev–Trinajstić information content (AvgIpc) is 2.47. The van der Waals surface area contributed by atoms with Gasteiger partial charge in [-0.1, -0.05) is 24.3 Å². The number of carbonyl (C=O) groups is 1. The molecule has 0 aromatic heterocycles. The minimum absolute atomic E-state index is 0. The summed E-state index contributed by atoms with van der Waals surface area (Å²) in [6.07, 6.45) is 2.01. The van der Waals surface area contributed by atoms with E-state index in [1.54, 1.807) is 7.11 Å². The summed E-state index contributed by atoms with van der Waals surface area (Å²) < 4.78 is 5.19. The zero-order valence-corrected chi connectivity index (χ0v) is 13.6. The lowest BCUT2D eigenvalue weighted by atomic mass is 9.82. The number of hydrogen-bond donors (Lipinski definition) is 2. The molecule has 1 amide bonds. The SMILES string of the molecule is COCc1ccccc1CNC(=O)C1(C)CCCNC1.Cl.